The number of nitrogens with zero attached hydrogens (tertiary/aromatic N) is 3. The van der Waals surface area contributed by atoms with Gasteiger partial charge in [-0.2, -0.15) is 5.10 Å². The van der Waals surface area contributed by atoms with Crippen molar-refractivity contribution in [2.75, 3.05) is 20.3 Å². The van der Waals surface area contributed by atoms with Crippen LogP contribution in [-0.2, 0) is 23.0 Å². The van der Waals surface area contributed by atoms with E-state index in [0.717, 1.165) is 54.5 Å². The molecule has 1 fully saturated rings. The first kappa shape index (κ1) is 20.6. The van der Waals surface area contributed by atoms with Crippen molar-refractivity contribution in [1.82, 2.24) is 19.7 Å². The zero-order chi connectivity index (χ0) is 20.5. The zero-order valence-corrected chi connectivity index (χ0v) is 17.7. The third-order valence-corrected chi connectivity index (χ3v) is 6.17. The summed E-state index contributed by atoms with van der Waals surface area (Å²) in [7, 11) is 3.52. The van der Waals surface area contributed by atoms with Gasteiger partial charge >= 0.3 is 0 Å². The molecule has 1 aliphatic rings. The monoisotopic (exact) mass is 388 g/mol. The number of rotatable bonds is 7. The lowest BCUT2D eigenvalue weighted by atomic mass is 9.91. The molecule has 2 aromatic rings. The predicted molar refractivity (Wildman–Crippen MR) is 110 cm³/mol. The fraction of sp³-hybridized carbons (Fsp3) is 0.667. The summed E-state index contributed by atoms with van der Waals surface area (Å²) in [5, 5.41) is 5.39. The van der Waals surface area contributed by atoms with E-state index in [4.69, 9.17) is 4.74 Å². The van der Waals surface area contributed by atoms with E-state index in [1.807, 2.05) is 25.8 Å². The van der Waals surface area contributed by atoms with Crippen molar-refractivity contribution in [3.63, 3.8) is 0 Å². The van der Waals surface area contributed by atoms with E-state index >= 15 is 0 Å². The number of aromatic nitrogens is 3. The number of aromatic amines is 1. The molecule has 0 unspecified atom stereocenters. The third-order valence-electron chi connectivity index (χ3n) is 6.17. The van der Waals surface area contributed by atoms with Crippen LogP contribution in [0.5, 0.6) is 0 Å². The molecule has 7 nitrogen and oxygen atoms in total. The fourth-order valence-corrected chi connectivity index (χ4v) is 4.97. The van der Waals surface area contributed by atoms with E-state index in [9.17, 15) is 9.59 Å². The van der Waals surface area contributed by atoms with Crippen molar-refractivity contribution in [2.24, 2.45) is 7.05 Å². The van der Waals surface area contributed by atoms with Gasteiger partial charge in [-0.1, -0.05) is 13.3 Å². The van der Waals surface area contributed by atoms with Crippen molar-refractivity contribution in [1.29, 1.82) is 0 Å². The number of ether oxygens (including phenoxy) is 1. The summed E-state index contributed by atoms with van der Waals surface area (Å²) in [4.78, 5) is 30.7. The highest BCUT2D eigenvalue weighted by molar-refractivity contribution is 5.83. The first-order chi connectivity index (χ1) is 13.3. The minimum Gasteiger partial charge on any atom is -0.382 e. The van der Waals surface area contributed by atoms with Gasteiger partial charge in [-0.15, -0.1) is 0 Å². The standard InChI is InChI=1S/C21H32N4O3/c1-6-10-21(13-28-5)11-7-12-25(21)17(26)9-8-16-14(2)18-15(3)23-24(4)19(18)22-20(16)27/h6-13H2,1-5H3,(H,22,27)/t21-/m0/s1. The van der Waals surface area contributed by atoms with E-state index in [0.29, 0.717) is 25.0 Å². The number of nitrogens with one attached hydrogen (secondary N) is 1. The van der Waals surface area contributed by atoms with Gasteiger partial charge in [-0.3, -0.25) is 14.3 Å². The maximum Gasteiger partial charge on any atom is 0.253 e. The molecule has 0 aromatic carbocycles. The Morgan fingerprint density at radius 2 is 2.11 bits per heavy atom. The van der Waals surface area contributed by atoms with Gasteiger partial charge in [0.15, 0.2) is 0 Å². The van der Waals surface area contributed by atoms with Gasteiger partial charge in [0, 0.05) is 38.1 Å². The van der Waals surface area contributed by atoms with Crippen LogP contribution in [0.1, 0.15) is 55.8 Å². The number of aryl methyl sites for hydroxylation is 3. The van der Waals surface area contributed by atoms with Gasteiger partial charge < -0.3 is 14.6 Å². The Hall–Kier alpha value is -2.15. The molecular formula is C21H32N4O3. The van der Waals surface area contributed by atoms with Crippen LogP contribution < -0.4 is 5.56 Å². The van der Waals surface area contributed by atoms with Gasteiger partial charge in [0.25, 0.3) is 5.56 Å². The third kappa shape index (κ3) is 3.48. The summed E-state index contributed by atoms with van der Waals surface area (Å²) < 4.78 is 7.17. The maximum absolute atomic E-state index is 13.1. The number of carbonyl (C=O) groups excluding carboxylic acids is 1. The summed E-state index contributed by atoms with van der Waals surface area (Å²) in [6.45, 7) is 7.39. The van der Waals surface area contributed by atoms with Gasteiger partial charge in [0.1, 0.15) is 5.65 Å². The maximum atomic E-state index is 13.1. The van der Waals surface area contributed by atoms with Crippen LogP contribution in [-0.4, -0.2) is 51.4 Å². The molecule has 28 heavy (non-hydrogen) atoms. The lowest BCUT2D eigenvalue weighted by Gasteiger charge is -2.38. The molecule has 1 N–H and O–H groups in total. The fourth-order valence-electron chi connectivity index (χ4n) is 4.97. The average Bonchev–Trinajstić information content (AvgIpc) is 3.16. The molecule has 0 bridgehead atoms. The van der Waals surface area contributed by atoms with E-state index in [2.05, 4.69) is 17.0 Å². The minimum absolute atomic E-state index is 0.116. The van der Waals surface area contributed by atoms with E-state index < -0.39 is 0 Å². The Morgan fingerprint density at radius 1 is 1.36 bits per heavy atom. The highest BCUT2D eigenvalue weighted by Crippen LogP contribution is 2.34. The van der Waals surface area contributed by atoms with Crippen molar-refractivity contribution < 1.29 is 9.53 Å². The number of amides is 1. The Balaban J connectivity index is 1.83. The average molecular weight is 389 g/mol. The highest BCUT2D eigenvalue weighted by atomic mass is 16.5. The molecule has 3 heterocycles. The number of carbonyl (C=O) groups is 1. The second kappa shape index (κ2) is 8.07. The predicted octanol–water partition coefficient (Wildman–Crippen LogP) is 2.62. The molecule has 154 valence electrons. The molecule has 1 aliphatic heterocycles. The second-order valence-electron chi connectivity index (χ2n) is 8.05. The van der Waals surface area contributed by atoms with E-state index in [1.54, 1.807) is 11.8 Å². The largest absolute Gasteiger partial charge is 0.382 e. The van der Waals surface area contributed by atoms with Crippen LogP contribution in [0.2, 0.25) is 0 Å². The Morgan fingerprint density at radius 3 is 2.79 bits per heavy atom. The lowest BCUT2D eigenvalue weighted by Crippen LogP contribution is -2.50. The summed E-state index contributed by atoms with van der Waals surface area (Å²) in [5.41, 5.74) is 2.92. The van der Waals surface area contributed by atoms with Crippen LogP contribution in [0, 0.1) is 13.8 Å². The first-order valence-corrected chi connectivity index (χ1v) is 10.2. The van der Waals surface area contributed by atoms with Crippen molar-refractivity contribution in [2.45, 2.75) is 64.8 Å². The first-order valence-electron chi connectivity index (χ1n) is 10.2. The SMILES string of the molecule is CCC[C@@]1(COC)CCCN1C(=O)CCc1c(C)c2c(C)nn(C)c2[nH]c1=O. The molecule has 3 rings (SSSR count). The Bertz CT molecular complexity index is 922. The van der Waals surface area contributed by atoms with Gasteiger partial charge in [0.2, 0.25) is 5.91 Å². The number of methoxy groups -OCH3 is 1. The summed E-state index contributed by atoms with van der Waals surface area (Å²) >= 11 is 0. The number of hydrogen-bond donors (Lipinski definition) is 1. The van der Waals surface area contributed by atoms with E-state index in [1.165, 1.54) is 0 Å². The Labute approximate surface area is 166 Å². The second-order valence-corrected chi connectivity index (χ2v) is 8.05. The quantitative estimate of drug-likeness (QED) is 0.791. The van der Waals surface area contributed by atoms with Crippen LogP contribution in [0.25, 0.3) is 11.0 Å². The number of pyridine rings is 1. The zero-order valence-electron chi connectivity index (χ0n) is 17.7. The summed E-state index contributed by atoms with van der Waals surface area (Å²) in [5.74, 6) is 0.116. The number of hydrogen-bond acceptors (Lipinski definition) is 4. The van der Waals surface area contributed by atoms with Gasteiger partial charge in [-0.05, 0) is 45.1 Å². The molecule has 1 saturated heterocycles. The topological polar surface area (TPSA) is 80.2 Å². The van der Waals surface area contributed by atoms with Crippen LogP contribution in [0.15, 0.2) is 4.79 Å². The number of fused-ring (bicyclic) bond motifs is 1. The summed E-state index contributed by atoms with van der Waals surface area (Å²) in [6.07, 6.45) is 4.74. The molecule has 1 atom stereocenters. The van der Waals surface area contributed by atoms with Crippen LogP contribution in [0.3, 0.4) is 0 Å². The normalized spacial score (nSPS) is 19.7. The molecule has 0 aliphatic carbocycles. The highest BCUT2D eigenvalue weighted by Gasteiger charge is 2.42. The lowest BCUT2D eigenvalue weighted by molar-refractivity contribution is -0.137. The van der Waals surface area contributed by atoms with Crippen molar-refractivity contribution in [3.05, 3.63) is 27.2 Å². The van der Waals surface area contributed by atoms with E-state index in [-0.39, 0.29) is 17.0 Å². The molecule has 0 radical (unpaired) electrons. The van der Waals surface area contributed by atoms with Crippen LogP contribution >= 0.6 is 0 Å². The van der Waals surface area contributed by atoms with Crippen LogP contribution in [0.4, 0.5) is 0 Å². The van der Waals surface area contributed by atoms with Gasteiger partial charge in [-0.25, -0.2) is 0 Å². The van der Waals surface area contributed by atoms with Crippen molar-refractivity contribution >= 4 is 16.9 Å². The number of H-pyrrole nitrogens is 1. The molecule has 1 amide bonds. The molecule has 7 heteroatoms. The van der Waals surface area contributed by atoms with Gasteiger partial charge in [0.05, 0.1) is 17.8 Å². The number of likely N-dealkylation sites (tertiary alicyclic amines) is 1. The summed E-state index contributed by atoms with van der Waals surface area (Å²) in [6, 6.07) is 0. The Kier molecular flexibility index (Phi) is 5.93. The van der Waals surface area contributed by atoms with Crippen molar-refractivity contribution in [3.8, 4) is 0 Å². The molecule has 2 aromatic heterocycles. The minimum atomic E-state index is -0.189. The molecule has 0 saturated carbocycles. The smallest absolute Gasteiger partial charge is 0.253 e. The molecule has 0 spiro atoms. The molecular weight excluding hydrogens is 356 g/mol.